The number of benzene rings is 2. The highest BCUT2D eigenvalue weighted by Crippen LogP contribution is 2.21. The minimum Gasteiger partial charge on any atom is -0.351 e. The molecule has 0 radical (unpaired) electrons. The third kappa shape index (κ3) is 4.54. The molecule has 5 N–H and O–H groups in total. The number of amides is 4. The van der Waals surface area contributed by atoms with Gasteiger partial charge in [0, 0.05) is 23.9 Å². The lowest BCUT2D eigenvalue weighted by atomic mass is 10.2. The summed E-state index contributed by atoms with van der Waals surface area (Å²) in [5.41, 5.74) is 5.97. The van der Waals surface area contributed by atoms with Crippen LogP contribution in [-0.4, -0.2) is 17.8 Å². The average Bonchev–Trinajstić information content (AvgIpc) is 2.50. The zero-order valence-corrected chi connectivity index (χ0v) is 12.7. The smallest absolute Gasteiger partial charge is 0.316 e. The van der Waals surface area contributed by atoms with E-state index in [-0.39, 0.29) is 17.2 Å². The lowest BCUT2D eigenvalue weighted by Gasteiger charge is -2.09. The Morgan fingerprint density at radius 2 is 1.54 bits per heavy atom. The van der Waals surface area contributed by atoms with Gasteiger partial charge in [0.05, 0.1) is 5.69 Å². The SMILES string of the molecule is CC(=O)Nc1ccc(F)c(NC(=O)c2ccc(NC(N)=O)cc2)c1. The van der Waals surface area contributed by atoms with Gasteiger partial charge in [-0.05, 0) is 42.5 Å². The number of hydrogen-bond donors (Lipinski definition) is 4. The van der Waals surface area contributed by atoms with Crippen molar-refractivity contribution < 1.29 is 18.8 Å². The van der Waals surface area contributed by atoms with Crippen LogP contribution in [0.4, 0.5) is 26.2 Å². The molecule has 0 aliphatic carbocycles. The van der Waals surface area contributed by atoms with E-state index in [4.69, 9.17) is 5.73 Å². The zero-order chi connectivity index (χ0) is 17.7. The first-order chi connectivity index (χ1) is 11.3. The summed E-state index contributed by atoms with van der Waals surface area (Å²) >= 11 is 0. The Morgan fingerprint density at radius 1 is 0.917 bits per heavy atom. The molecule has 0 spiro atoms. The zero-order valence-electron chi connectivity index (χ0n) is 12.7. The van der Waals surface area contributed by atoms with Crippen LogP contribution >= 0.6 is 0 Å². The summed E-state index contributed by atoms with van der Waals surface area (Å²) in [5.74, 6) is -1.49. The maximum atomic E-state index is 13.8. The quantitative estimate of drug-likeness (QED) is 0.690. The number of rotatable bonds is 4. The van der Waals surface area contributed by atoms with Crippen LogP contribution in [0.15, 0.2) is 42.5 Å². The first-order valence-corrected chi connectivity index (χ1v) is 6.90. The molecule has 24 heavy (non-hydrogen) atoms. The van der Waals surface area contributed by atoms with Gasteiger partial charge in [0.2, 0.25) is 5.91 Å². The molecule has 0 saturated heterocycles. The van der Waals surface area contributed by atoms with E-state index in [1.807, 2.05) is 0 Å². The number of primary amides is 1. The van der Waals surface area contributed by atoms with Crippen LogP contribution in [0.2, 0.25) is 0 Å². The number of urea groups is 1. The topological polar surface area (TPSA) is 113 Å². The second-order valence-corrected chi connectivity index (χ2v) is 4.90. The molecule has 0 aromatic heterocycles. The van der Waals surface area contributed by atoms with Gasteiger partial charge >= 0.3 is 6.03 Å². The van der Waals surface area contributed by atoms with E-state index in [1.54, 1.807) is 0 Å². The number of carbonyl (C=O) groups excluding carboxylic acids is 3. The molecule has 0 saturated carbocycles. The highest BCUT2D eigenvalue weighted by atomic mass is 19.1. The van der Waals surface area contributed by atoms with E-state index < -0.39 is 17.8 Å². The van der Waals surface area contributed by atoms with Crippen molar-refractivity contribution >= 4 is 34.9 Å². The highest BCUT2D eigenvalue weighted by Gasteiger charge is 2.11. The van der Waals surface area contributed by atoms with E-state index in [2.05, 4.69) is 16.0 Å². The lowest BCUT2D eigenvalue weighted by molar-refractivity contribution is -0.114. The monoisotopic (exact) mass is 330 g/mol. The van der Waals surface area contributed by atoms with Gasteiger partial charge in [0.1, 0.15) is 5.82 Å². The van der Waals surface area contributed by atoms with Crippen molar-refractivity contribution in [1.29, 1.82) is 0 Å². The Hall–Kier alpha value is -3.42. The summed E-state index contributed by atoms with van der Waals surface area (Å²) in [6.45, 7) is 1.32. The molecule has 2 rings (SSSR count). The molecule has 0 unspecified atom stereocenters. The second kappa shape index (κ2) is 7.23. The molecular formula is C16H15FN4O3. The van der Waals surface area contributed by atoms with Gasteiger partial charge in [-0.3, -0.25) is 9.59 Å². The fourth-order valence-corrected chi connectivity index (χ4v) is 1.94. The van der Waals surface area contributed by atoms with Crippen LogP contribution in [0.3, 0.4) is 0 Å². The van der Waals surface area contributed by atoms with E-state index >= 15 is 0 Å². The molecule has 8 heteroatoms. The molecule has 4 amide bonds. The summed E-state index contributed by atoms with van der Waals surface area (Å²) in [6, 6.07) is 9.01. The fourth-order valence-electron chi connectivity index (χ4n) is 1.94. The van der Waals surface area contributed by atoms with E-state index in [1.165, 1.54) is 43.3 Å². The molecule has 0 heterocycles. The van der Waals surface area contributed by atoms with Crippen LogP contribution < -0.4 is 21.7 Å². The van der Waals surface area contributed by atoms with Crippen molar-refractivity contribution in [2.45, 2.75) is 6.92 Å². The molecule has 0 aliphatic rings. The molecule has 124 valence electrons. The standard InChI is InChI=1S/C16H15FN4O3/c1-9(22)19-12-6-7-13(17)14(8-12)21-15(23)10-2-4-11(5-3-10)20-16(18)24/h2-8H,1H3,(H,19,22)(H,21,23)(H3,18,20,24). The summed E-state index contributed by atoms with van der Waals surface area (Å²) in [4.78, 5) is 33.9. The average molecular weight is 330 g/mol. The summed E-state index contributed by atoms with van der Waals surface area (Å²) < 4.78 is 13.8. The van der Waals surface area contributed by atoms with Crippen LogP contribution in [0.5, 0.6) is 0 Å². The van der Waals surface area contributed by atoms with Gasteiger partial charge in [-0.25, -0.2) is 9.18 Å². The van der Waals surface area contributed by atoms with E-state index in [0.717, 1.165) is 6.07 Å². The predicted molar refractivity (Wildman–Crippen MR) is 88.3 cm³/mol. The lowest BCUT2D eigenvalue weighted by Crippen LogP contribution is -2.19. The number of hydrogen-bond acceptors (Lipinski definition) is 3. The van der Waals surface area contributed by atoms with Gasteiger partial charge in [0.15, 0.2) is 0 Å². The Labute approximate surface area is 137 Å². The minimum atomic E-state index is -0.718. The number of carbonyl (C=O) groups is 3. The maximum Gasteiger partial charge on any atom is 0.316 e. The normalized spacial score (nSPS) is 9.92. The summed E-state index contributed by atoms with van der Waals surface area (Å²) in [7, 11) is 0. The number of halogens is 1. The molecule has 2 aromatic rings. The van der Waals surface area contributed by atoms with Crippen LogP contribution in [0.25, 0.3) is 0 Å². The predicted octanol–water partition coefficient (Wildman–Crippen LogP) is 2.53. The summed E-state index contributed by atoms with van der Waals surface area (Å²) in [6.07, 6.45) is 0. The summed E-state index contributed by atoms with van der Waals surface area (Å²) in [5, 5.41) is 7.29. The Balaban J connectivity index is 2.14. The van der Waals surface area contributed by atoms with Crippen molar-refractivity contribution in [3.63, 3.8) is 0 Å². The van der Waals surface area contributed by atoms with Gasteiger partial charge in [-0.1, -0.05) is 0 Å². The first-order valence-electron chi connectivity index (χ1n) is 6.90. The van der Waals surface area contributed by atoms with Crippen LogP contribution in [0, 0.1) is 5.82 Å². The Morgan fingerprint density at radius 3 is 2.12 bits per heavy atom. The largest absolute Gasteiger partial charge is 0.351 e. The molecule has 2 aromatic carbocycles. The second-order valence-electron chi connectivity index (χ2n) is 4.90. The van der Waals surface area contributed by atoms with E-state index in [0.29, 0.717) is 11.4 Å². The van der Waals surface area contributed by atoms with Gasteiger partial charge < -0.3 is 21.7 Å². The molecule has 0 aliphatic heterocycles. The number of nitrogens with two attached hydrogens (primary N) is 1. The van der Waals surface area contributed by atoms with Crippen molar-refractivity contribution in [2.75, 3.05) is 16.0 Å². The molecule has 0 fully saturated rings. The maximum absolute atomic E-state index is 13.8. The molecular weight excluding hydrogens is 315 g/mol. The molecule has 0 atom stereocenters. The van der Waals surface area contributed by atoms with E-state index in [9.17, 15) is 18.8 Å². The third-order valence-corrected chi connectivity index (χ3v) is 2.95. The Kier molecular flexibility index (Phi) is 5.10. The van der Waals surface area contributed by atoms with Crippen molar-refractivity contribution in [2.24, 2.45) is 5.73 Å². The van der Waals surface area contributed by atoms with Crippen molar-refractivity contribution in [3.8, 4) is 0 Å². The van der Waals surface area contributed by atoms with Crippen molar-refractivity contribution in [3.05, 3.63) is 53.8 Å². The minimum absolute atomic E-state index is 0.0643. The number of anilines is 3. The molecule has 0 bridgehead atoms. The van der Waals surface area contributed by atoms with Gasteiger partial charge in [-0.2, -0.15) is 0 Å². The first kappa shape index (κ1) is 16.9. The van der Waals surface area contributed by atoms with Gasteiger partial charge in [0.25, 0.3) is 5.91 Å². The fraction of sp³-hybridized carbons (Fsp3) is 0.0625. The third-order valence-electron chi connectivity index (χ3n) is 2.95. The Bertz CT molecular complexity index is 790. The number of nitrogens with one attached hydrogen (secondary N) is 3. The molecule has 7 nitrogen and oxygen atoms in total. The van der Waals surface area contributed by atoms with Crippen LogP contribution in [0.1, 0.15) is 17.3 Å². The van der Waals surface area contributed by atoms with Crippen molar-refractivity contribution in [1.82, 2.24) is 0 Å². The van der Waals surface area contributed by atoms with Gasteiger partial charge in [-0.15, -0.1) is 0 Å². The van der Waals surface area contributed by atoms with Crippen LogP contribution in [-0.2, 0) is 4.79 Å². The highest BCUT2D eigenvalue weighted by molar-refractivity contribution is 6.05.